The third-order valence-electron chi connectivity index (χ3n) is 3.76. The first kappa shape index (κ1) is 20.3. The molecule has 0 saturated carbocycles. The van der Waals surface area contributed by atoms with E-state index in [0.29, 0.717) is 17.9 Å². The number of nitrogens with zero attached hydrogens (tertiary/aromatic N) is 3. The van der Waals surface area contributed by atoms with Gasteiger partial charge in [-0.05, 0) is 49.4 Å². The van der Waals surface area contributed by atoms with E-state index in [1.165, 1.54) is 0 Å². The molecular weight excluding hydrogens is 342 g/mol. The Morgan fingerprint density at radius 2 is 1.59 bits per heavy atom. The van der Waals surface area contributed by atoms with Gasteiger partial charge in [-0.15, -0.1) is 0 Å². The highest BCUT2D eigenvalue weighted by atomic mass is 16.2. The molecule has 0 saturated heterocycles. The zero-order valence-electron chi connectivity index (χ0n) is 15.5. The first-order valence-electron chi connectivity index (χ1n) is 8.94. The Balaban J connectivity index is 1.89. The number of hydrogen-bond acceptors (Lipinski definition) is 5. The summed E-state index contributed by atoms with van der Waals surface area (Å²) in [6, 6.07) is 16.5. The van der Waals surface area contributed by atoms with Crippen LogP contribution in [-0.4, -0.2) is 36.3 Å². The maximum absolute atomic E-state index is 12.2. The van der Waals surface area contributed by atoms with Crippen molar-refractivity contribution in [3.05, 3.63) is 54.6 Å². The summed E-state index contributed by atoms with van der Waals surface area (Å²) < 4.78 is 0. The van der Waals surface area contributed by atoms with Gasteiger partial charge in [0, 0.05) is 5.69 Å². The van der Waals surface area contributed by atoms with Gasteiger partial charge >= 0.3 is 0 Å². The van der Waals surface area contributed by atoms with Crippen LogP contribution in [-0.2, 0) is 9.59 Å². The highest BCUT2D eigenvalue weighted by Crippen LogP contribution is 2.20. The van der Waals surface area contributed by atoms with Gasteiger partial charge in [-0.1, -0.05) is 31.5 Å². The van der Waals surface area contributed by atoms with Gasteiger partial charge in [-0.2, -0.15) is 10.2 Å². The lowest BCUT2D eigenvalue weighted by atomic mass is 10.2. The molecule has 0 bridgehead atoms. The Bertz CT molecular complexity index is 760. The van der Waals surface area contributed by atoms with Crippen molar-refractivity contribution in [3.63, 3.8) is 0 Å². The fourth-order valence-electron chi connectivity index (χ4n) is 2.44. The number of nitrogens with one attached hydrogen (secondary N) is 1. The second kappa shape index (κ2) is 10.8. The fourth-order valence-corrected chi connectivity index (χ4v) is 2.44. The fraction of sp³-hybridized carbons (Fsp3) is 0.300. The molecule has 0 unspecified atom stereocenters. The molecule has 2 aromatic carbocycles. The van der Waals surface area contributed by atoms with Crippen molar-refractivity contribution in [3.8, 4) is 0 Å². The van der Waals surface area contributed by atoms with Crippen LogP contribution in [0.25, 0.3) is 0 Å². The topological polar surface area (TPSA) is 100 Å². The molecule has 0 heterocycles. The number of unbranched alkanes of at least 4 members (excludes halogenated alkanes) is 1. The van der Waals surface area contributed by atoms with Crippen LogP contribution in [0.4, 0.5) is 17.1 Å². The summed E-state index contributed by atoms with van der Waals surface area (Å²) in [6.07, 6.45) is 1.89. The Morgan fingerprint density at radius 3 is 2.19 bits per heavy atom. The summed E-state index contributed by atoms with van der Waals surface area (Å²) >= 11 is 0. The van der Waals surface area contributed by atoms with Crippen LogP contribution in [0, 0.1) is 0 Å². The summed E-state index contributed by atoms with van der Waals surface area (Å²) in [5.74, 6) is -0.627. The van der Waals surface area contributed by atoms with Crippen molar-refractivity contribution in [1.82, 2.24) is 4.90 Å². The van der Waals surface area contributed by atoms with Gasteiger partial charge in [0.15, 0.2) is 0 Å². The number of primary amides is 1. The third-order valence-corrected chi connectivity index (χ3v) is 3.76. The smallest absolute Gasteiger partial charge is 0.238 e. The van der Waals surface area contributed by atoms with Crippen molar-refractivity contribution in [2.75, 3.05) is 25.0 Å². The van der Waals surface area contributed by atoms with Gasteiger partial charge in [0.25, 0.3) is 0 Å². The Labute approximate surface area is 159 Å². The monoisotopic (exact) mass is 367 g/mol. The normalized spacial score (nSPS) is 11.0. The van der Waals surface area contributed by atoms with Crippen molar-refractivity contribution in [2.24, 2.45) is 16.0 Å². The number of benzene rings is 2. The molecule has 0 aliphatic carbocycles. The predicted octanol–water partition coefficient (Wildman–Crippen LogP) is 3.63. The molecule has 7 nitrogen and oxygen atoms in total. The molecule has 3 N–H and O–H groups in total. The minimum Gasteiger partial charge on any atom is -0.369 e. The third kappa shape index (κ3) is 7.79. The lowest BCUT2D eigenvalue weighted by molar-refractivity contribution is -0.121. The molecule has 0 aliphatic rings. The molecule has 0 aliphatic heterocycles. The van der Waals surface area contributed by atoms with Gasteiger partial charge in [-0.3, -0.25) is 14.5 Å². The first-order valence-corrected chi connectivity index (χ1v) is 8.94. The lowest BCUT2D eigenvalue weighted by Crippen LogP contribution is -2.39. The van der Waals surface area contributed by atoms with Crippen molar-refractivity contribution >= 4 is 28.9 Å². The standard InChI is InChI=1S/C20H25N5O2/c1-2-3-13-25(14-19(21)26)15-20(27)22-16-9-11-18(12-10-16)24-23-17-7-5-4-6-8-17/h4-12H,2-3,13-15H2,1H3,(H2,21,26)(H,22,27). The second-order valence-electron chi connectivity index (χ2n) is 6.16. The van der Waals surface area contributed by atoms with Gasteiger partial charge in [0.05, 0.1) is 24.5 Å². The lowest BCUT2D eigenvalue weighted by Gasteiger charge is -2.19. The van der Waals surface area contributed by atoms with Gasteiger partial charge in [0.1, 0.15) is 0 Å². The first-order chi connectivity index (χ1) is 13.1. The maximum Gasteiger partial charge on any atom is 0.238 e. The number of nitrogens with two attached hydrogens (primary N) is 1. The zero-order valence-corrected chi connectivity index (χ0v) is 15.5. The molecule has 0 radical (unpaired) electrons. The molecule has 142 valence electrons. The number of rotatable bonds is 10. The minimum atomic E-state index is -0.438. The summed E-state index contributed by atoms with van der Waals surface area (Å²) in [6.45, 7) is 2.91. The van der Waals surface area contributed by atoms with E-state index in [1.807, 2.05) is 30.3 Å². The quantitative estimate of drug-likeness (QED) is 0.627. The van der Waals surface area contributed by atoms with Crippen LogP contribution in [0.3, 0.4) is 0 Å². The van der Waals surface area contributed by atoms with Crippen LogP contribution in [0.1, 0.15) is 19.8 Å². The zero-order chi connectivity index (χ0) is 19.5. The maximum atomic E-state index is 12.2. The highest BCUT2D eigenvalue weighted by molar-refractivity contribution is 5.92. The van der Waals surface area contributed by atoms with E-state index < -0.39 is 5.91 Å². The molecule has 2 amide bonds. The number of amides is 2. The molecule has 0 atom stereocenters. The SMILES string of the molecule is CCCCN(CC(N)=O)CC(=O)Nc1ccc(N=Nc2ccccc2)cc1. The van der Waals surface area contributed by atoms with E-state index in [2.05, 4.69) is 22.5 Å². The number of anilines is 1. The number of carbonyl (C=O) groups is 2. The molecule has 0 spiro atoms. The van der Waals surface area contributed by atoms with Crippen LogP contribution < -0.4 is 11.1 Å². The van der Waals surface area contributed by atoms with Gasteiger partial charge < -0.3 is 11.1 Å². The molecule has 2 rings (SSSR count). The van der Waals surface area contributed by atoms with E-state index in [4.69, 9.17) is 5.73 Å². The Kier molecular flexibility index (Phi) is 8.12. The van der Waals surface area contributed by atoms with Gasteiger partial charge in [-0.25, -0.2) is 0 Å². The van der Waals surface area contributed by atoms with Crippen molar-refractivity contribution < 1.29 is 9.59 Å². The largest absolute Gasteiger partial charge is 0.369 e. The molecule has 0 fully saturated rings. The molecular formula is C20H25N5O2. The summed E-state index contributed by atoms with van der Waals surface area (Å²) in [4.78, 5) is 25.1. The highest BCUT2D eigenvalue weighted by Gasteiger charge is 2.12. The number of carbonyl (C=O) groups excluding carboxylic acids is 2. The van der Waals surface area contributed by atoms with E-state index in [0.717, 1.165) is 18.5 Å². The summed E-state index contributed by atoms with van der Waals surface area (Å²) in [7, 11) is 0. The molecule has 27 heavy (non-hydrogen) atoms. The van der Waals surface area contributed by atoms with E-state index in [-0.39, 0.29) is 19.0 Å². The Morgan fingerprint density at radius 1 is 0.963 bits per heavy atom. The molecule has 0 aromatic heterocycles. The van der Waals surface area contributed by atoms with Gasteiger partial charge in [0.2, 0.25) is 11.8 Å². The minimum absolute atomic E-state index is 0.0756. The number of azo groups is 1. The number of hydrogen-bond donors (Lipinski definition) is 2. The predicted molar refractivity (Wildman–Crippen MR) is 106 cm³/mol. The van der Waals surface area contributed by atoms with E-state index in [1.54, 1.807) is 29.2 Å². The van der Waals surface area contributed by atoms with Crippen molar-refractivity contribution in [1.29, 1.82) is 0 Å². The van der Waals surface area contributed by atoms with Crippen LogP contribution in [0.2, 0.25) is 0 Å². The average Bonchev–Trinajstić information content (AvgIpc) is 2.66. The average molecular weight is 367 g/mol. The molecule has 7 heteroatoms. The van der Waals surface area contributed by atoms with E-state index >= 15 is 0 Å². The summed E-state index contributed by atoms with van der Waals surface area (Å²) in [5, 5.41) is 11.1. The van der Waals surface area contributed by atoms with Crippen molar-refractivity contribution in [2.45, 2.75) is 19.8 Å². The van der Waals surface area contributed by atoms with Crippen LogP contribution in [0.15, 0.2) is 64.8 Å². The second-order valence-corrected chi connectivity index (χ2v) is 6.16. The molecule has 2 aromatic rings. The van der Waals surface area contributed by atoms with Crippen LogP contribution >= 0.6 is 0 Å². The van der Waals surface area contributed by atoms with Crippen LogP contribution in [0.5, 0.6) is 0 Å². The summed E-state index contributed by atoms with van der Waals surface area (Å²) in [5.41, 5.74) is 7.37. The van der Waals surface area contributed by atoms with E-state index in [9.17, 15) is 9.59 Å². The Hall–Kier alpha value is -3.06.